The van der Waals surface area contributed by atoms with E-state index >= 15 is 4.39 Å². The number of rotatable bonds is 16. The quantitative estimate of drug-likeness (QED) is 0.0834. The smallest absolute Gasteiger partial charge is 0.319 e. The number of carbonyl (C=O) groups is 2. The highest BCUT2D eigenvalue weighted by Gasteiger charge is 2.50. The molecule has 3 aromatic carbocycles. The van der Waals surface area contributed by atoms with Gasteiger partial charge in [0.25, 0.3) is 5.88 Å². The third kappa shape index (κ3) is 9.69. The van der Waals surface area contributed by atoms with Crippen molar-refractivity contribution in [2.24, 2.45) is 5.92 Å². The number of amides is 2. The van der Waals surface area contributed by atoms with Crippen molar-refractivity contribution < 1.29 is 33.1 Å². The average molecular weight is 1060 g/mol. The minimum atomic E-state index is -0.857. The predicted molar refractivity (Wildman–Crippen MR) is 294 cm³/mol. The number of ether oxygens (including phenoxy) is 2. The van der Waals surface area contributed by atoms with Gasteiger partial charge in [-0.1, -0.05) is 81.4 Å². The molecule has 16 nitrogen and oxygen atoms in total. The molecule has 4 aromatic heterocycles. The lowest BCUT2D eigenvalue weighted by molar-refractivity contribution is -0.141. The summed E-state index contributed by atoms with van der Waals surface area (Å²) in [7, 11) is 0. The van der Waals surface area contributed by atoms with Crippen molar-refractivity contribution in [3.8, 4) is 33.6 Å². The second-order valence-corrected chi connectivity index (χ2v) is 23.2. The van der Waals surface area contributed by atoms with Gasteiger partial charge in [0.2, 0.25) is 11.8 Å². The molecule has 0 radical (unpaired) electrons. The van der Waals surface area contributed by atoms with E-state index in [4.69, 9.17) is 28.9 Å². The number of aliphatic hydroxyl groups excluding tert-OH is 1. The molecule has 12 rings (SSSR count). The molecule has 2 amide bonds. The third-order valence-electron chi connectivity index (χ3n) is 17.1. The lowest BCUT2D eigenvalue weighted by Gasteiger charge is -2.35. The van der Waals surface area contributed by atoms with E-state index in [1.54, 1.807) is 23.6 Å². The maximum absolute atomic E-state index is 17.3. The second-order valence-electron chi connectivity index (χ2n) is 22.3. The molecule has 9 heterocycles. The molecule has 402 valence electrons. The van der Waals surface area contributed by atoms with Crippen LogP contribution in [-0.2, 0) is 16.0 Å². The summed E-state index contributed by atoms with van der Waals surface area (Å²) in [5.41, 5.74) is 6.83. The number of carbonyl (C=O) groups excluding carboxylic acids is 2. The Bertz CT molecular complexity index is 3320. The molecule has 8 atom stereocenters. The number of hydrogen-bond acceptors (Lipinski definition) is 15. The number of fused-ring (bicyclic) bond motifs is 5. The highest BCUT2D eigenvalue weighted by Crippen LogP contribution is 2.44. The van der Waals surface area contributed by atoms with Gasteiger partial charge >= 0.3 is 6.01 Å². The average Bonchev–Trinajstić information content (AvgIpc) is 4.33. The van der Waals surface area contributed by atoms with E-state index in [9.17, 15) is 14.7 Å². The molecule has 77 heavy (non-hydrogen) atoms. The molecule has 3 N–H and O–H groups in total. The van der Waals surface area contributed by atoms with Gasteiger partial charge in [-0.2, -0.15) is 9.97 Å². The summed E-state index contributed by atoms with van der Waals surface area (Å²) in [6.07, 6.45) is 7.63. The number of halogens is 1. The zero-order chi connectivity index (χ0) is 53.1. The van der Waals surface area contributed by atoms with Gasteiger partial charge in [-0.3, -0.25) is 19.5 Å². The Morgan fingerprint density at radius 2 is 1.78 bits per heavy atom. The van der Waals surface area contributed by atoms with Crippen LogP contribution in [0.4, 0.5) is 10.2 Å². The number of piperazine rings is 1. The largest absolute Gasteiger partial charge is 0.474 e. The van der Waals surface area contributed by atoms with Gasteiger partial charge in [0.15, 0.2) is 11.6 Å². The van der Waals surface area contributed by atoms with E-state index in [0.717, 1.165) is 108 Å². The van der Waals surface area contributed by atoms with Gasteiger partial charge in [-0.05, 0) is 104 Å². The number of anilines is 1. The van der Waals surface area contributed by atoms with Gasteiger partial charge in [0.1, 0.15) is 42.2 Å². The molecule has 7 aromatic rings. The number of thiazole rings is 1. The van der Waals surface area contributed by atoms with Gasteiger partial charge < -0.3 is 39.5 Å². The molecule has 5 saturated heterocycles. The number of likely N-dealkylation sites (tertiary alicyclic amines) is 1. The summed E-state index contributed by atoms with van der Waals surface area (Å²) in [5, 5.41) is 24.5. The fourth-order valence-corrected chi connectivity index (χ4v) is 14.0. The Morgan fingerprint density at radius 1 is 0.987 bits per heavy atom. The Balaban J connectivity index is 0.726. The maximum Gasteiger partial charge on any atom is 0.319 e. The van der Waals surface area contributed by atoms with E-state index in [0.29, 0.717) is 42.3 Å². The van der Waals surface area contributed by atoms with Crippen molar-refractivity contribution in [2.75, 3.05) is 44.3 Å². The van der Waals surface area contributed by atoms with Crippen LogP contribution < -0.4 is 25.0 Å². The number of pyridine rings is 1. The molecular formula is C59H67FN10O6S. The monoisotopic (exact) mass is 1060 g/mol. The molecule has 5 aliphatic heterocycles. The Kier molecular flexibility index (Phi) is 13.9. The van der Waals surface area contributed by atoms with Crippen molar-refractivity contribution in [3.05, 3.63) is 107 Å². The Hall–Kier alpha value is -6.60. The van der Waals surface area contributed by atoms with Gasteiger partial charge in [0.05, 0.1) is 39.2 Å². The zero-order valence-electron chi connectivity index (χ0n) is 44.4. The highest BCUT2D eigenvalue weighted by atomic mass is 32.1. The molecule has 18 heteroatoms. The minimum Gasteiger partial charge on any atom is -0.474 e. The minimum absolute atomic E-state index is 0.0318. The van der Waals surface area contributed by atoms with Crippen LogP contribution in [0, 0.1) is 18.7 Å². The van der Waals surface area contributed by atoms with Crippen LogP contribution >= 0.6 is 11.3 Å². The summed E-state index contributed by atoms with van der Waals surface area (Å²) in [4.78, 5) is 54.8. The van der Waals surface area contributed by atoms with Crippen LogP contribution in [0.2, 0.25) is 0 Å². The number of aryl methyl sites for hydroxylation is 2. The van der Waals surface area contributed by atoms with Crippen molar-refractivity contribution in [1.29, 1.82) is 0 Å². The first-order valence-electron chi connectivity index (χ1n) is 27.5. The number of aliphatic hydroxyl groups is 1. The number of hydrogen-bond donors (Lipinski definition) is 3. The van der Waals surface area contributed by atoms with E-state index < -0.39 is 23.9 Å². The number of β-amino-alcohol motifs (C(OH)–C–C–N with tert-alkyl or cyclic N) is 1. The Morgan fingerprint density at radius 3 is 2.53 bits per heavy atom. The predicted octanol–water partition coefficient (Wildman–Crippen LogP) is 8.94. The first-order chi connectivity index (χ1) is 37.3. The van der Waals surface area contributed by atoms with Crippen LogP contribution in [0.15, 0.2) is 83.0 Å². The first kappa shape index (κ1) is 51.2. The van der Waals surface area contributed by atoms with Gasteiger partial charge in [-0.15, -0.1) is 11.3 Å². The summed E-state index contributed by atoms with van der Waals surface area (Å²) >= 11 is 1.59. The molecule has 5 aliphatic rings. The molecular weight excluding hydrogens is 996 g/mol. The van der Waals surface area contributed by atoms with Crippen LogP contribution in [0.25, 0.3) is 43.4 Å². The van der Waals surface area contributed by atoms with E-state index in [1.165, 1.54) is 4.90 Å². The molecule has 0 saturated carbocycles. The van der Waals surface area contributed by atoms with Crippen LogP contribution in [-0.4, -0.2) is 127 Å². The van der Waals surface area contributed by atoms with Crippen molar-refractivity contribution in [2.45, 2.75) is 134 Å². The van der Waals surface area contributed by atoms with E-state index in [2.05, 4.69) is 55.7 Å². The number of benzene rings is 3. The molecule has 0 spiro atoms. The number of nitrogens with one attached hydrogen (secondary N) is 2. The van der Waals surface area contributed by atoms with Crippen molar-refractivity contribution in [3.63, 3.8) is 0 Å². The van der Waals surface area contributed by atoms with Crippen LogP contribution in [0.3, 0.4) is 0 Å². The van der Waals surface area contributed by atoms with E-state index in [1.807, 2.05) is 75.7 Å². The lowest BCUT2D eigenvalue weighted by atomic mass is 9.91. The fraction of sp³-hybridized carbons (Fsp3) is 0.475. The van der Waals surface area contributed by atoms with Gasteiger partial charge in [0, 0.05) is 62.0 Å². The summed E-state index contributed by atoms with van der Waals surface area (Å²) in [5.74, 6) is -0.845. The normalized spacial score (nSPS) is 24.0. The standard InChI is InChI=1S/C59H67FN10O6S/c1-6-36-10-7-11-38-12-8-13-44(50(36)38)52-51(60)53-45(26-61-52)55(68-27-40-18-19-41(28-68)64-40)66-58(65-53)75-31-59-21-9-23-70(59)42(20-22-59)30-74-48-25-47(76-67-48)49(33(2)3)57(73)69-29-43(71)24-46(69)56(72)63-34(4)37-14-16-39(17-15-37)54-35(5)62-32-77-54/h7-8,10-17,25-26,32-34,40-43,46,49,64,71H,6,9,18-24,27-31H2,1-5H3,(H,63,72)/t34-,40?,41?,42-,43+,46-,49-,59-/m0/s1. The zero-order valence-corrected chi connectivity index (χ0v) is 45.2. The SMILES string of the molecule is CCc1cccc2cccc(-c3ncc4c(N5CC6CCC(C5)N6)nc(OC[C@@]56CCCN5[C@H](COc5cc([C@@H](C(=O)N7C[C@H](O)C[C@H]7C(=O)N[C@@H](C)c7ccc(-c8scnc8C)cc7)C(C)C)on5)CC6)nc4c3F)c12. The molecule has 2 bridgehead atoms. The van der Waals surface area contributed by atoms with Crippen LogP contribution in [0.1, 0.15) is 107 Å². The fourth-order valence-electron chi connectivity index (χ4n) is 13.2. The number of nitrogens with zero attached hydrogens (tertiary/aromatic N) is 8. The van der Waals surface area contributed by atoms with Gasteiger partial charge in [-0.25, -0.2) is 9.37 Å². The van der Waals surface area contributed by atoms with E-state index in [-0.39, 0.29) is 71.4 Å². The molecule has 5 fully saturated rings. The van der Waals surface area contributed by atoms with Crippen molar-refractivity contribution >= 4 is 50.6 Å². The lowest BCUT2D eigenvalue weighted by Crippen LogP contribution is -2.51. The molecule has 0 aliphatic carbocycles. The maximum atomic E-state index is 17.3. The molecule has 2 unspecified atom stereocenters. The topological polar surface area (TPSA) is 184 Å². The van der Waals surface area contributed by atoms with Crippen LogP contribution in [0.5, 0.6) is 11.9 Å². The van der Waals surface area contributed by atoms with Crippen molar-refractivity contribution in [1.82, 2.24) is 45.5 Å². The number of aromatic nitrogens is 5. The summed E-state index contributed by atoms with van der Waals surface area (Å²) < 4.78 is 36.2. The summed E-state index contributed by atoms with van der Waals surface area (Å²) in [6.45, 7) is 12.9. The third-order valence-corrected chi connectivity index (χ3v) is 18.1. The highest BCUT2D eigenvalue weighted by molar-refractivity contribution is 7.13. The second kappa shape index (κ2) is 21.0. The summed E-state index contributed by atoms with van der Waals surface area (Å²) in [6, 6.07) is 21.6. The first-order valence-corrected chi connectivity index (χ1v) is 28.4. The Labute approximate surface area is 451 Å².